The van der Waals surface area contributed by atoms with Gasteiger partial charge in [-0.15, -0.1) is 0 Å². The molecular formula is C26H30N2O3. The Morgan fingerprint density at radius 2 is 1.61 bits per heavy atom. The minimum absolute atomic E-state index is 0.103. The molecule has 0 saturated carbocycles. The van der Waals surface area contributed by atoms with Gasteiger partial charge in [-0.2, -0.15) is 0 Å². The second kappa shape index (κ2) is 11.2. The summed E-state index contributed by atoms with van der Waals surface area (Å²) in [7, 11) is 0. The van der Waals surface area contributed by atoms with Crippen molar-refractivity contribution < 1.29 is 14.3 Å². The predicted molar refractivity (Wildman–Crippen MR) is 127 cm³/mol. The second-order valence-corrected chi connectivity index (χ2v) is 7.75. The highest BCUT2D eigenvalue weighted by Crippen LogP contribution is 2.23. The van der Waals surface area contributed by atoms with E-state index in [2.05, 4.69) is 17.6 Å². The highest BCUT2D eigenvalue weighted by molar-refractivity contribution is 6.06. The Labute approximate surface area is 183 Å². The van der Waals surface area contributed by atoms with Gasteiger partial charge in [0.1, 0.15) is 0 Å². The lowest BCUT2D eigenvalue weighted by atomic mass is 10.1. The number of rotatable bonds is 9. The number of amides is 2. The first-order valence-corrected chi connectivity index (χ1v) is 10.9. The summed E-state index contributed by atoms with van der Waals surface area (Å²) in [5.74, 6) is -0.338. The predicted octanol–water partition coefficient (Wildman–Crippen LogP) is 7.00. The highest BCUT2D eigenvalue weighted by Gasteiger charge is 2.12. The Hall–Kier alpha value is -3.34. The number of fused-ring (bicyclic) bond motifs is 1. The van der Waals surface area contributed by atoms with Gasteiger partial charge in [0.15, 0.2) is 0 Å². The fraction of sp³-hybridized carbons (Fsp3) is 0.308. The molecule has 0 aromatic heterocycles. The smallest absolute Gasteiger partial charge is 0.338 e. The van der Waals surface area contributed by atoms with E-state index in [0.29, 0.717) is 11.3 Å². The Balaban J connectivity index is 1.52. The molecule has 3 aromatic rings. The molecule has 2 N–H and O–H groups in total. The van der Waals surface area contributed by atoms with Crippen LogP contribution in [-0.2, 0) is 4.74 Å². The SMILES string of the molecule is CCCCCCC(C)OC(=O)c1ccc(NC(=O)Nc2cccc3ccccc23)cc1. The zero-order valence-corrected chi connectivity index (χ0v) is 18.2. The van der Waals surface area contributed by atoms with Crippen molar-refractivity contribution >= 4 is 34.1 Å². The first-order chi connectivity index (χ1) is 15.1. The topological polar surface area (TPSA) is 67.4 Å². The minimum Gasteiger partial charge on any atom is -0.459 e. The summed E-state index contributed by atoms with van der Waals surface area (Å²) < 4.78 is 5.52. The number of hydrogen-bond acceptors (Lipinski definition) is 3. The number of anilines is 2. The second-order valence-electron chi connectivity index (χ2n) is 7.75. The van der Waals surface area contributed by atoms with Gasteiger partial charge < -0.3 is 15.4 Å². The van der Waals surface area contributed by atoms with Crippen molar-refractivity contribution in [1.29, 1.82) is 0 Å². The van der Waals surface area contributed by atoms with Crippen molar-refractivity contribution in [1.82, 2.24) is 0 Å². The van der Waals surface area contributed by atoms with Crippen LogP contribution >= 0.6 is 0 Å². The van der Waals surface area contributed by atoms with Gasteiger partial charge in [0.05, 0.1) is 17.4 Å². The summed E-state index contributed by atoms with van der Waals surface area (Å²) >= 11 is 0. The summed E-state index contributed by atoms with van der Waals surface area (Å²) in [6, 6.07) is 20.0. The van der Waals surface area contributed by atoms with Gasteiger partial charge >= 0.3 is 12.0 Å². The van der Waals surface area contributed by atoms with E-state index >= 15 is 0 Å². The van der Waals surface area contributed by atoms with Crippen molar-refractivity contribution in [2.45, 2.75) is 52.1 Å². The van der Waals surface area contributed by atoms with E-state index in [0.717, 1.165) is 29.3 Å². The Bertz CT molecular complexity index is 1010. The van der Waals surface area contributed by atoms with E-state index < -0.39 is 0 Å². The first-order valence-electron chi connectivity index (χ1n) is 10.9. The molecule has 2 amide bonds. The van der Waals surface area contributed by atoms with Crippen LogP contribution in [-0.4, -0.2) is 18.1 Å². The number of esters is 1. The van der Waals surface area contributed by atoms with Crippen LogP contribution in [0.2, 0.25) is 0 Å². The van der Waals surface area contributed by atoms with Crippen LogP contribution in [0.4, 0.5) is 16.2 Å². The summed E-state index contributed by atoms with van der Waals surface area (Å²) in [5.41, 5.74) is 1.81. The lowest BCUT2D eigenvalue weighted by Gasteiger charge is -2.13. The number of nitrogens with one attached hydrogen (secondary N) is 2. The number of carbonyl (C=O) groups is 2. The third-order valence-corrected chi connectivity index (χ3v) is 5.19. The number of ether oxygens (including phenoxy) is 1. The van der Waals surface area contributed by atoms with E-state index in [9.17, 15) is 9.59 Å². The van der Waals surface area contributed by atoms with Gasteiger partial charge in [0.25, 0.3) is 0 Å². The van der Waals surface area contributed by atoms with Crippen molar-refractivity contribution in [3.8, 4) is 0 Å². The van der Waals surface area contributed by atoms with Crippen LogP contribution in [0.15, 0.2) is 66.7 Å². The van der Waals surface area contributed by atoms with Gasteiger partial charge in [-0.25, -0.2) is 9.59 Å². The molecule has 0 saturated heterocycles. The van der Waals surface area contributed by atoms with Gasteiger partial charge in [-0.05, 0) is 55.5 Å². The molecule has 162 valence electrons. The molecule has 0 fully saturated rings. The van der Waals surface area contributed by atoms with E-state index in [-0.39, 0.29) is 18.1 Å². The summed E-state index contributed by atoms with van der Waals surface area (Å²) in [6.45, 7) is 4.10. The lowest BCUT2D eigenvalue weighted by Crippen LogP contribution is -2.19. The number of unbranched alkanes of at least 4 members (excludes halogenated alkanes) is 3. The molecule has 1 unspecified atom stereocenters. The fourth-order valence-corrected chi connectivity index (χ4v) is 3.48. The normalized spacial score (nSPS) is 11.7. The van der Waals surface area contributed by atoms with Gasteiger partial charge in [0, 0.05) is 11.1 Å². The monoisotopic (exact) mass is 418 g/mol. The lowest BCUT2D eigenvalue weighted by molar-refractivity contribution is 0.0319. The van der Waals surface area contributed by atoms with Gasteiger partial charge in [-0.1, -0.05) is 62.6 Å². The molecular weight excluding hydrogens is 388 g/mol. The van der Waals surface area contributed by atoms with E-state index in [4.69, 9.17) is 4.74 Å². The summed E-state index contributed by atoms with van der Waals surface area (Å²) in [4.78, 5) is 24.7. The number of carbonyl (C=O) groups excluding carboxylic acids is 2. The molecule has 0 heterocycles. The standard InChI is InChI=1S/C26H30N2O3/c1-3-4-5-6-10-19(2)31-25(29)21-15-17-22(18-16-21)27-26(30)28-24-14-9-12-20-11-7-8-13-23(20)24/h7-9,11-19H,3-6,10H2,1-2H3,(H2,27,28,30). The van der Waals surface area contributed by atoms with E-state index in [1.807, 2.05) is 49.4 Å². The van der Waals surface area contributed by atoms with Crippen molar-refractivity contribution in [3.63, 3.8) is 0 Å². The van der Waals surface area contributed by atoms with Gasteiger partial charge in [0.2, 0.25) is 0 Å². The van der Waals surface area contributed by atoms with Crippen LogP contribution in [0.1, 0.15) is 56.3 Å². The van der Waals surface area contributed by atoms with Crippen molar-refractivity contribution in [2.75, 3.05) is 10.6 Å². The number of urea groups is 1. The van der Waals surface area contributed by atoms with Crippen LogP contribution in [0.25, 0.3) is 10.8 Å². The molecule has 31 heavy (non-hydrogen) atoms. The maximum absolute atomic E-state index is 12.4. The Morgan fingerprint density at radius 1 is 0.871 bits per heavy atom. The molecule has 0 radical (unpaired) electrons. The zero-order chi connectivity index (χ0) is 22.1. The average molecular weight is 419 g/mol. The molecule has 0 aliphatic rings. The maximum atomic E-state index is 12.4. The van der Waals surface area contributed by atoms with Crippen molar-refractivity contribution in [2.24, 2.45) is 0 Å². The third-order valence-electron chi connectivity index (χ3n) is 5.19. The zero-order valence-electron chi connectivity index (χ0n) is 18.2. The minimum atomic E-state index is -0.340. The molecule has 5 heteroatoms. The molecule has 3 aromatic carbocycles. The van der Waals surface area contributed by atoms with Crippen LogP contribution in [0, 0.1) is 0 Å². The van der Waals surface area contributed by atoms with Crippen LogP contribution in [0.5, 0.6) is 0 Å². The number of hydrogen-bond donors (Lipinski definition) is 2. The quantitative estimate of drug-likeness (QED) is 0.290. The Morgan fingerprint density at radius 3 is 2.39 bits per heavy atom. The maximum Gasteiger partial charge on any atom is 0.338 e. The molecule has 0 bridgehead atoms. The summed E-state index contributed by atoms with van der Waals surface area (Å²) in [6.07, 6.45) is 5.40. The molecule has 0 spiro atoms. The third kappa shape index (κ3) is 6.57. The first kappa shape index (κ1) is 22.3. The van der Waals surface area contributed by atoms with E-state index in [1.165, 1.54) is 19.3 Å². The molecule has 1 atom stereocenters. The average Bonchev–Trinajstić information content (AvgIpc) is 2.77. The molecule has 0 aliphatic heterocycles. The van der Waals surface area contributed by atoms with Crippen LogP contribution in [0.3, 0.4) is 0 Å². The molecule has 3 rings (SSSR count). The fourth-order valence-electron chi connectivity index (χ4n) is 3.48. The highest BCUT2D eigenvalue weighted by atomic mass is 16.5. The summed E-state index contributed by atoms with van der Waals surface area (Å²) in [5, 5.41) is 7.72. The van der Waals surface area contributed by atoms with Crippen LogP contribution < -0.4 is 10.6 Å². The molecule has 5 nitrogen and oxygen atoms in total. The number of benzene rings is 3. The van der Waals surface area contributed by atoms with Gasteiger partial charge in [-0.3, -0.25) is 0 Å². The van der Waals surface area contributed by atoms with E-state index in [1.54, 1.807) is 24.3 Å². The Kier molecular flexibility index (Phi) is 8.05. The molecule has 0 aliphatic carbocycles. The largest absolute Gasteiger partial charge is 0.459 e. The van der Waals surface area contributed by atoms with Crippen molar-refractivity contribution in [3.05, 3.63) is 72.3 Å².